The minimum absolute atomic E-state index is 0.124. The molecule has 0 radical (unpaired) electrons. The van der Waals surface area contributed by atoms with Gasteiger partial charge in [-0.15, -0.1) is 11.3 Å². The lowest BCUT2D eigenvalue weighted by Gasteiger charge is -2.34. The zero-order chi connectivity index (χ0) is 31.6. The number of benzene rings is 2. The smallest absolute Gasteiger partial charge is 0.254 e. The molecule has 1 aromatic heterocycles. The lowest BCUT2D eigenvalue weighted by atomic mass is 9.95. The number of hydrogen-bond acceptors (Lipinski definition) is 7. The third kappa shape index (κ3) is 7.37. The molecule has 11 heteroatoms. The van der Waals surface area contributed by atoms with E-state index >= 15 is 0 Å². The molecule has 2 aromatic carbocycles. The first-order chi connectivity index (χ1) is 21.7. The Balaban J connectivity index is 1.30. The van der Waals surface area contributed by atoms with E-state index in [4.69, 9.17) is 0 Å². The summed E-state index contributed by atoms with van der Waals surface area (Å²) in [5.74, 6) is -3.35. The van der Waals surface area contributed by atoms with Crippen LogP contribution in [0.3, 0.4) is 0 Å². The molecule has 8 nitrogen and oxygen atoms in total. The molecule has 4 heterocycles. The highest BCUT2D eigenvalue weighted by Gasteiger charge is 2.37. The number of aliphatic hydroxyl groups excluding tert-OH is 1. The van der Waals surface area contributed by atoms with Gasteiger partial charge in [0.15, 0.2) is 0 Å². The number of halogens is 2. The Hall–Kier alpha value is -3.41. The van der Waals surface area contributed by atoms with Gasteiger partial charge in [0.1, 0.15) is 5.01 Å². The Morgan fingerprint density at radius 2 is 1.84 bits per heavy atom. The second-order valence-corrected chi connectivity index (χ2v) is 13.4. The first-order valence-electron chi connectivity index (χ1n) is 15.9. The van der Waals surface area contributed by atoms with E-state index < -0.39 is 24.0 Å². The van der Waals surface area contributed by atoms with Crippen LogP contribution in [-0.2, 0) is 6.42 Å². The van der Waals surface area contributed by atoms with Crippen molar-refractivity contribution in [3.8, 4) is 0 Å². The maximum Gasteiger partial charge on any atom is 0.254 e. The Morgan fingerprint density at radius 3 is 2.53 bits per heavy atom. The number of aliphatic hydroxyl groups is 1. The summed E-state index contributed by atoms with van der Waals surface area (Å²) in [5.41, 5.74) is 3.07. The number of anilines is 1. The highest BCUT2D eigenvalue weighted by atomic mass is 32.1. The molecule has 6 rings (SSSR count). The van der Waals surface area contributed by atoms with E-state index in [1.807, 2.05) is 52.4 Å². The van der Waals surface area contributed by atoms with Gasteiger partial charge in [0, 0.05) is 66.4 Å². The number of thiazole rings is 1. The fourth-order valence-electron chi connectivity index (χ4n) is 6.76. The molecule has 3 aliphatic rings. The molecule has 45 heavy (non-hydrogen) atoms. The molecule has 4 atom stereocenters. The number of nitrogens with one attached hydrogen (secondary N) is 2. The van der Waals surface area contributed by atoms with E-state index in [0.29, 0.717) is 24.2 Å². The van der Waals surface area contributed by atoms with E-state index in [9.17, 15) is 23.5 Å². The normalized spacial score (nSPS) is 22.8. The van der Waals surface area contributed by atoms with Gasteiger partial charge in [0.2, 0.25) is 0 Å². The number of likely N-dealkylation sites (tertiary alicyclic amines) is 1. The topological polar surface area (TPSA) is 97.8 Å². The number of alkyl halides is 2. The van der Waals surface area contributed by atoms with E-state index in [1.165, 1.54) is 0 Å². The lowest BCUT2D eigenvalue weighted by molar-refractivity contribution is -0.0220. The number of piperidine rings is 1. The Labute approximate surface area is 266 Å². The second-order valence-electron chi connectivity index (χ2n) is 12.6. The van der Waals surface area contributed by atoms with Gasteiger partial charge in [-0.05, 0) is 69.3 Å². The molecular formula is C34H41F2N5O3S. The van der Waals surface area contributed by atoms with Gasteiger partial charge in [0.25, 0.3) is 17.7 Å². The minimum atomic E-state index is -2.73. The fourth-order valence-corrected chi connectivity index (χ4v) is 7.70. The molecule has 3 saturated heterocycles. The molecule has 3 aliphatic heterocycles. The third-order valence-electron chi connectivity index (χ3n) is 9.26. The molecule has 3 N–H and O–H groups in total. The van der Waals surface area contributed by atoms with Gasteiger partial charge in [-0.1, -0.05) is 30.3 Å². The van der Waals surface area contributed by atoms with Crippen molar-refractivity contribution in [1.82, 2.24) is 20.5 Å². The summed E-state index contributed by atoms with van der Waals surface area (Å²) in [5, 5.41) is 20.7. The van der Waals surface area contributed by atoms with Crippen LogP contribution >= 0.6 is 11.3 Å². The monoisotopic (exact) mass is 637 g/mol. The standard InChI is InChI=1S/C34H41F2N5O3S/c1-22-21-45-32(38-22)29-10-6-14-41(29)33(44)25-18-24(19-26(20-25)40-15-11-34(35,36)12-16-40)31(43)39-28(17-23-7-3-2-4-8-23)30(42)27-9-5-13-37-27/h2-4,7-8,18-21,27-30,37,42H,5-6,9-17H2,1H3,(H,39,43)/t27?,28-,29?,30+/m0/s1. The maximum absolute atomic E-state index is 14.1. The van der Waals surface area contributed by atoms with Gasteiger partial charge in [0.05, 0.1) is 18.2 Å². The van der Waals surface area contributed by atoms with Crippen LogP contribution < -0.4 is 15.5 Å². The van der Waals surface area contributed by atoms with Gasteiger partial charge >= 0.3 is 0 Å². The van der Waals surface area contributed by atoms with Gasteiger partial charge in [-0.2, -0.15) is 0 Å². The summed E-state index contributed by atoms with van der Waals surface area (Å²) in [6, 6.07) is 13.9. The molecule has 0 aliphatic carbocycles. The number of amides is 2. The zero-order valence-electron chi connectivity index (χ0n) is 25.6. The molecule has 2 unspecified atom stereocenters. The number of carbonyl (C=O) groups excluding carboxylic acids is 2. The summed E-state index contributed by atoms with van der Waals surface area (Å²) in [7, 11) is 0. The molecule has 3 aromatic rings. The highest BCUT2D eigenvalue weighted by Crippen LogP contribution is 2.36. The van der Waals surface area contributed by atoms with E-state index in [0.717, 1.165) is 48.5 Å². The molecular weight excluding hydrogens is 596 g/mol. The first-order valence-corrected chi connectivity index (χ1v) is 16.8. The molecule has 2 amide bonds. The van der Waals surface area contributed by atoms with Crippen molar-refractivity contribution in [1.29, 1.82) is 0 Å². The average Bonchev–Trinajstić information content (AvgIpc) is 3.83. The number of rotatable bonds is 9. The van der Waals surface area contributed by atoms with Crippen LogP contribution in [0.25, 0.3) is 0 Å². The Morgan fingerprint density at radius 1 is 1.09 bits per heavy atom. The van der Waals surface area contributed by atoms with Crippen molar-refractivity contribution in [3.63, 3.8) is 0 Å². The number of aromatic nitrogens is 1. The number of nitrogens with zero attached hydrogens (tertiary/aromatic N) is 3. The highest BCUT2D eigenvalue weighted by molar-refractivity contribution is 7.09. The summed E-state index contributed by atoms with van der Waals surface area (Å²) >= 11 is 1.54. The van der Waals surface area contributed by atoms with Crippen molar-refractivity contribution >= 4 is 28.8 Å². The summed E-state index contributed by atoms with van der Waals surface area (Å²) < 4.78 is 28.1. The van der Waals surface area contributed by atoms with Crippen LogP contribution in [-0.4, -0.2) is 77.1 Å². The van der Waals surface area contributed by atoms with Crippen molar-refractivity contribution in [2.75, 3.05) is 31.1 Å². The molecule has 0 bridgehead atoms. The van der Waals surface area contributed by atoms with Crippen LogP contribution in [0.5, 0.6) is 0 Å². The lowest BCUT2D eigenvalue weighted by Crippen LogP contribution is -2.52. The van der Waals surface area contributed by atoms with E-state index in [2.05, 4.69) is 15.6 Å². The summed E-state index contributed by atoms with van der Waals surface area (Å²) in [4.78, 5) is 36.3. The van der Waals surface area contributed by atoms with Gasteiger partial charge < -0.3 is 25.5 Å². The molecule has 240 valence electrons. The van der Waals surface area contributed by atoms with Crippen molar-refractivity contribution in [3.05, 3.63) is 81.3 Å². The molecule has 0 saturated carbocycles. The van der Waals surface area contributed by atoms with Crippen LogP contribution in [0.15, 0.2) is 53.9 Å². The van der Waals surface area contributed by atoms with Crippen molar-refractivity contribution < 1.29 is 23.5 Å². The van der Waals surface area contributed by atoms with E-state index in [1.54, 1.807) is 29.5 Å². The maximum atomic E-state index is 14.1. The van der Waals surface area contributed by atoms with Crippen LogP contribution in [0, 0.1) is 6.92 Å². The number of hydrogen-bond donors (Lipinski definition) is 3. The number of carbonyl (C=O) groups is 2. The molecule has 0 spiro atoms. The second kappa shape index (κ2) is 13.5. The van der Waals surface area contributed by atoms with Crippen LogP contribution in [0.2, 0.25) is 0 Å². The van der Waals surface area contributed by atoms with Gasteiger partial charge in [-0.3, -0.25) is 9.59 Å². The SMILES string of the molecule is Cc1csc(C2CCCN2C(=O)c2cc(C(=O)N[C@@H](Cc3ccccc3)[C@H](O)C3CCCN3)cc(N3CCC(F)(F)CC3)c2)n1. The minimum Gasteiger partial charge on any atom is -0.389 e. The fraction of sp³-hybridized carbons (Fsp3) is 0.500. The Kier molecular flexibility index (Phi) is 9.49. The number of aryl methyl sites for hydroxylation is 1. The first kappa shape index (κ1) is 31.6. The van der Waals surface area contributed by atoms with Crippen molar-refractivity contribution in [2.24, 2.45) is 0 Å². The Bertz CT molecular complexity index is 1490. The molecule has 3 fully saturated rings. The third-order valence-corrected chi connectivity index (χ3v) is 10.3. The summed E-state index contributed by atoms with van der Waals surface area (Å²) in [6.07, 6.45) is 2.45. The largest absolute Gasteiger partial charge is 0.389 e. The predicted molar refractivity (Wildman–Crippen MR) is 171 cm³/mol. The zero-order valence-corrected chi connectivity index (χ0v) is 26.4. The predicted octanol–water partition coefficient (Wildman–Crippen LogP) is 5.12. The quantitative estimate of drug-likeness (QED) is 0.302. The van der Waals surface area contributed by atoms with Gasteiger partial charge in [-0.25, -0.2) is 13.8 Å². The average molecular weight is 638 g/mol. The summed E-state index contributed by atoms with van der Waals surface area (Å²) in [6.45, 7) is 3.57. The van der Waals surface area contributed by atoms with E-state index in [-0.39, 0.29) is 49.5 Å². The van der Waals surface area contributed by atoms with Crippen LogP contribution in [0.4, 0.5) is 14.5 Å². The van der Waals surface area contributed by atoms with Crippen LogP contribution in [0.1, 0.15) is 81.5 Å². The van der Waals surface area contributed by atoms with Crippen molar-refractivity contribution in [2.45, 2.75) is 82.0 Å².